The Kier molecular flexibility index (Phi) is 7.50. The van der Waals surface area contributed by atoms with Crippen LogP contribution < -0.4 is 14.8 Å². The van der Waals surface area contributed by atoms with Crippen LogP contribution in [0.25, 0.3) is 0 Å². The van der Waals surface area contributed by atoms with E-state index >= 15 is 0 Å². The fourth-order valence-electron chi connectivity index (χ4n) is 1.82. The van der Waals surface area contributed by atoms with Gasteiger partial charge in [-0.15, -0.1) is 0 Å². The summed E-state index contributed by atoms with van der Waals surface area (Å²) >= 11 is 0. The third-order valence-electron chi connectivity index (χ3n) is 3.22. The number of ether oxygens (including phenoxy) is 2. The maximum atomic E-state index is 11.8. The van der Waals surface area contributed by atoms with Gasteiger partial charge in [0.15, 0.2) is 18.1 Å². The SMILES string of the molecule is CCS(=O)(=O)CCC(NC(=O)COc1ccccc1OC)C(=O)O. The molecule has 0 saturated heterocycles. The highest BCUT2D eigenvalue weighted by molar-refractivity contribution is 7.91. The van der Waals surface area contributed by atoms with E-state index in [1.165, 1.54) is 14.0 Å². The number of rotatable bonds is 10. The van der Waals surface area contributed by atoms with E-state index in [2.05, 4.69) is 5.32 Å². The minimum absolute atomic E-state index is 0.0792. The lowest BCUT2D eigenvalue weighted by Crippen LogP contribution is -2.44. The number of methoxy groups -OCH3 is 1. The molecule has 1 unspecified atom stereocenters. The van der Waals surface area contributed by atoms with Crippen LogP contribution in [0.15, 0.2) is 24.3 Å². The van der Waals surface area contributed by atoms with Gasteiger partial charge in [0.05, 0.1) is 12.9 Å². The van der Waals surface area contributed by atoms with Crippen LogP contribution in [0.2, 0.25) is 0 Å². The largest absolute Gasteiger partial charge is 0.493 e. The van der Waals surface area contributed by atoms with Gasteiger partial charge >= 0.3 is 5.97 Å². The summed E-state index contributed by atoms with van der Waals surface area (Å²) in [5, 5.41) is 11.3. The molecule has 0 fully saturated rings. The molecule has 0 radical (unpaired) electrons. The molecule has 134 valence electrons. The van der Waals surface area contributed by atoms with Gasteiger partial charge in [-0.2, -0.15) is 0 Å². The fraction of sp³-hybridized carbons (Fsp3) is 0.467. The van der Waals surface area contributed by atoms with E-state index in [9.17, 15) is 18.0 Å². The molecule has 1 amide bonds. The zero-order chi connectivity index (χ0) is 18.2. The van der Waals surface area contributed by atoms with Crippen LogP contribution in [0.4, 0.5) is 0 Å². The summed E-state index contributed by atoms with van der Waals surface area (Å²) in [5.41, 5.74) is 0. The lowest BCUT2D eigenvalue weighted by Gasteiger charge is -2.15. The van der Waals surface area contributed by atoms with E-state index in [0.717, 1.165) is 0 Å². The predicted octanol–water partition coefficient (Wildman–Crippen LogP) is 0.468. The van der Waals surface area contributed by atoms with Crippen LogP contribution >= 0.6 is 0 Å². The van der Waals surface area contributed by atoms with Gasteiger partial charge in [0.1, 0.15) is 15.9 Å². The van der Waals surface area contributed by atoms with Crippen LogP contribution in [0.5, 0.6) is 11.5 Å². The molecule has 0 saturated carbocycles. The van der Waals surface area contributed by atoms with Crippen molar-refractivity contribution in [3.05, 3.63) is 24.3 Å². The Hall–Kier alpha value is -2.29. The number of amides is 1. The molecule has 0 aliphatic carbocycles. The predicted molar refractivity (Wildman–Crippen MR) is 87.0 cm³/mol. The Morgan fingerprint density at radius 2 is 1.88 bits per heavy atom. The van der Waals surface area contributed by atoms with Crippen LogP contribution in [0.1, 0.15) is 13.3 Å². The summed E-state index contributed by atoms with van der Waals surface area (Å²) in [5.74, 6) is -1.57. The van der Waals surface area contributed by atoms with Gasteiger partial charge in [0, 0.05) is 5.75 Å². The second-order valence-corrected chi connectivity index (χ2v) is 7.40. The van der Waals surface area contributed by atoms with E-state index in [0.29, 0.717) is 11.5 Å². The van der Waals surface area contributed by atoms with Gasteiger partial charge in [-0.3, -0.25) is 4.79 Å². The zero-order valence-corrected chi connectivity index (χ0v) is 14.3. The molecule has 0 bridgehead atoms. The van der Waals surface area contributed by atoms with Gasteiger partial charge in [-0.1, -0.05) is 19.1 Å². The molecule has 0 spiro atoms. The molecule has 1 atom stereocenters. The van der Waals surface area contributed by atoms with Crippen molar-refractivity contribution in [2.24, 2.45) is 0 Å². The van der Waals surface area contributed by atoms with E-state index < -0.39 is 34.4 Å². The van der Waals surface area contributed by atoms with Crippen LogP contribution in [0, 0.1) is 0 Å². The van der Waals surface area contributed by atoms with Gasteiger partial charge in [0.2, 0.25) is 0 Å². The van der Waals surface area contributed by atoms with Crippen LogP contribution in [-0.2, 0) is 19.4 Å². The highest BCUT2D eigenvalue weighted by atomic mass is 32.2. The minimum atomic E-state index is -3.31. The molecule has 9 heteroatoms. The summed E-state index contributed by atoms with van der Waals surface area (Å²) in [6, 6.07) is 5.41. The average molecular weight is 359 g/mol. The van der Waals surface area contributed by atoms with Gasteiger partial charge in [0.25, 0.3) is 5.91 Å². The molecule has 2 N–H and O–H groups in total. The molecule has 1 aromatic rings. The lowest BCUT2D eigenvalue weighted by molar-refractivity contribution is -0.142. The maximum Gasteiger partial charge on any atom is 0.326 e. The summed E-state index contributed by atoms with van der Waals surface area (Å²) in [7, 11) is -1.86. The summed E-state index contributed by atoms with van der Waals surface area (Å²) < 4.78 is 33.3. The molecule has 0 aromatic heterocycles. The molecule has 1 rings (SSSR count). The summed E-state index contributed by atoms with van der Waals surface area (Å²) in [4.78, 5) is 23.0. The number of aliphatic carboxylic acids is 1. The fourth-order valence-corrected chi connectivity index (χ4v) is 2.70. The summed E-state index contributed by atoms with van der Waals surface area (Å²) in [6.07, 6.45) is -0.202. The number of benzene rings is 1. The Morgan fingerprint density at radius 3 is 2.42 bits per heavy atom. The molecule has 24 heavy (non-hydrogen) atoms. The van der Waals surface area contributed by atoms with E-state index in [1.807, 2.05) is 0 Å². The first-order valence-corrected chi connectivity index (χ1v) is 9.09. The van der Waals surface area contributed by atoms with Gasteiger partial charge in [-0.25, -0.2) is 13.2 Å². The lowest BCUT2D eigenvalue weighted by atomic mass is 10.2. The number of carbonyl (C=O) groups is 2. The van der Waals surface area contributed by atoms with Gasteiger partial charge < -0.3 is 19.9 Å². The monoisotopic (exact) mass is 359 g/mol. The molecule has 0 aliphatic rings. The molecule has 8 nitrogen and oxygen atoms in total. The van der Waals surface area contributed by atoms with Crippen molar-refractivity contribution in [1.29, 1.82) is 0 Å². The molecular formula is C15H21NO7S. The molecule has 1 aromatic carbocycles. The second kappa shape index (κ2) is 9.11. The number of hydrogen-bond donors (Lipinski definition) is 2. The van der Waals surface area contributed by atoms with Crippen molar-refractivity contribution in [2.45, 2.75) is 19.4 Å². The third-order valence-corrected chi connectivity index (χ3v) is 4.96. The molecule has 0 aliphatic heterocycles. The Labute approximate surface area is 140 Å². The number of sulfone groups is 1. The quantitative estimate of drug-likeness (QED) is 0.623. The van der Waals surface area contributed by atoms with Crippen molar-refractivity contribution >= 4 is 21.7 Å². The van der Waals surface area contributed by atoms with Crippen molar-refractivity contribution in [1.82, 2.24) is 5.32 Å². The van der Waals surface area contributed by atoms with Crippen molar-refractivity contribution in [3.8, 4) is 11.5 Å². The second-order valence-electron chi connectivity index (χ2n) is 4.92. The normalized spacial score (nSPS) is 12.2. The van der Waals surface area contributed by atoms with Crippen LogP contribution in [-0.4, -0.2) is 56.7 Å². The maximum absolute atomic E-state index is 11.8. The molecular weight excluding hydrogens is 338 g/mol. The first kappa shape index (κ1) is 19.8. The number of hydrogen-bond acceptors (Lipinski definition) is 6. The minimum Gasteiger partial charge on any atom is -0.493 e. The van der Waals surface area contributed by atoms with Crippen LogP contribution in [0.3, 0.4) is 0 Å². The Morgan fingerprint density at radius 1 is 1.25 bits per heavy atom. The number of carbonyl (C=O) groups excluding carboxylic acids is 1. The topological polar surface area (TPSA) is 119 Å². The van der Waals surface area contributed by atoms with E-state index in [4.69, 9.17) is 14.6 Å². The first-order chi connectivity index (χ1) is 11.3. The van der Waals surface area contributed by atoms with Crippen molar-refractivity contribution in [2.75, 3.05) is 25.2 Å². The highest BCUT2D eigenvalue weighted by Gasteiger charge is 2.22. The number of carboxylic acids is 1. The van der Waals surface area contributed by atoms with E-state index in [1.54, 1.807) is 24.3 Å². The van der Waals surface area contributed by atoms with Crippen molar-refractivity contribution in [3.63, 3.8) is 0 Å². The number of carboxylic acid groups (broad SMARTS) is 1. The first-order valence-electron chi connectivity index (χ1n) is 7.27. The Balaban J connectivity index is 2.58. The number of nitrogens with one attached hydrogen (secondary N) is 1. The standard InChI is InChI=1S/C15H21NO7S/c1-3-24(20,21)9-8-11(15(18)19)16-14(17)10-23-13-7-5-4-6-12(13)22-2/h4-7,11H,3,8-10H2,1-2H3,(H,16,17)(H,18,19). The average Bonchev–Trinajstić information content (AvgIpc) is 2.56. The zero-order valence-electron chi connectivity index (χ0n) is 13.5. The highest BCUT2D eigenvalue weighted by Crippen LogP contribution is 2.25. The van der Waals surface area contributed by atoms with E-state index in [-0.39, 0.29) is 17.9 Å². The van der Waals surface area contributed by atoms with Crippen molar-refractivity contribution < 1.29 is 32.6 Å². The third kappa shape index (κ3) is 6.45. The number of para-hydroxylation sites is 2. The molecule has 0 heterocycles. The summed E-state index contributed by atoms with van der Waals surface area (Å²) in [6.45, 7) is 1.06. The Bertz CT molecular complexity index is 672. The smallest absolute Gasteiger partial charge is 0.326 e. The van der Waals surface area contributed by atoms with Gasteiger partial charge in [-0.05, 0) is 18.6 Å².